The molecule has 0 aromatic carbocycles. The van der Waals surface area contributed by atoms with Gasteiger partial charge in [-0.25, -0.2) is 4.79 Å². The van der Waals surface area contributed by atoms with Crippen LogP contribution in [0.2, 0.25) is 0 Å². The number of nitrogens with zero attached hydrogens (tertiary/aromatic N) is 1. The lowest BCUT2D eigenvalue weighted by Gasteiger charge is -2.24. The molecule has 0 spiro atoms. The Bertz CT molecular complexity index is 606. The SMILES string of the molecule is CN1CC[C@@](C)(CNC(=O)Cc2c[nH]c(=O)[nH]c2=O)C1. The molecule has 0 radical (unpaired) electrons. The summed E-state index contributed by atoms with van der Waals surface area (Å²) in [6, 6.07) is 0. The van der Waals surface area contributed by atoms with E-state index in [9.17, 15) is 14.4 Å². The number of likely N-dealkylation sites (tertiary alicyclic amines) is 1. The summed E-state index contributed by atoms with van der Waals surface area (Å²) in [5.74, 6) is -0.210. The van der Waals surface area contributed by atoms with E-state index in [1.165, 1.54) is 6.20 Å². The molecular weight excluding hydrogens is 260 g/mol. The lowest BCUT2D eigenvalue weighted by Crippen LogP contribution is -2.38. The minimum absolute atomic E-state index is 0.0297. The molecule has 0 saturated carbocycles. The molecule has 1 aromatic heterocycles. The van der Waals surface area contributed by atoms with Crippen LogP contribution in [0.1, 0.15) is 18.9 Å². The van der Waals surface area contributed by atoms with Gasteiger partial charge >= 0.3 is 5.69 Å². The van der Waals surface area contributed by atoms with Crippen LogP contribution >= 0.6 is 0 Å². The summed E-state index contributed by atoms with van der Waals surface area (Å²) in [5, 5.41) is 2.87. The van der Waals surface area contributed by atoms with E-state index in [0.717, 1.165) is 19.5 Å². The molecule has 1 atom stereocenters. The Morgan fingerprint density at radius 1 is 1.50 bits per heavy atom. The average Bonchev–Trinajstić information content (AvgIpc) is 2.71. The first kappa shape index (κ1) is 14.5. The minimum atomic E-state index is -0.569. The molecule has 0 bridgehead atoms. The van der Waals surface area contributed by atoms with E-state index in [1.54, 1.807) is 0 Å². The Balaban J connectivity index is 1.90. The monoisotopic (exact) mass is 280 g/mol. The van der Waals surface area contributed by atoms with Crippen LogP contribution in [-0.2, 0) is 11.2 Å². The van der Waals surface area contributed by atoms with E-state index in [2.05, 4.69) is 34.2 Å². The van der Waals surface area contributed by atoms with Crippen molar-refractivity contribution in [2.75, 3.05) is 26.7 Å². The summed E-state index contributed by atoms with van der Waals surface area (Å²) in [5.41, 5.74) is -0.742. The molecule has 2 rings (SSSR count). The van der Waals surface area contributed by atoms with Crippen molar-refractivity contribution in [1.29, 1.82) is 0 Å². The summed E-state index contributed by atoms with van der Waals surface area (Å²) in [4.78, 5) is 40.9. The number of nitrogens with one attached hydrogen (secondary N) is 3. The van der Waals surface area contributed by atoms with Gasteiger partial charge in [-0.15, -0.1) is 0 Å². The fourth-order valence-electron chi connectivity index (χ4n) is 2.53. The van der Waals surface area contributed by atoms with Crippen molar-refractivity contribution in [2.45, 2.75) is 19.8 Å². The Hall–Kier alpha value is -1.89. The van der Waals surface area contributed by atoms with Crippen LogP contribution in [0.4, 0.5) is 0 Å². The first-order valence-electron chi connectivity index (χ1n) is 6.64. The highest BCUT2D eigenvalue weighted by atomic mass is 16.2. The number of amides is 1. The van der Waals surface area contributed by atoms with Crippen molar-refractivity contribution in [3.63, 3.8) is 0 Å². The van der Waals surface area contributed by atoms with Crippen LogP contribution in [0.15, 0.2) is 15.8 Å². The van der Waals surface area contributed by atoms with Gasteiger partial charge in [-0.05, 0) is 25.4 Å². The highest BCUT2D eigenvalue weighted by Gasteiger charge is 2.32. The van der Waals surface area contributed by atoms with Crippen LogP contribution < -0.4 is 16.6 Å². The van der Waals surface area contributed by atoms with E-state index in [-0.39, 0.29) is 23.3 Å². The highest BCUT2D eigenvalue weighted by molar-refractivity contribution is 5.78. The zero-order valence-corrected chi connectivity index (χ0v) is 11.8. The minimum Gasteiger partial charge on any atom is -0.355 e. The first-order chi connectivity index (χ1) is 9.38. The predicted octanol–water partition coefficient (Wildman–Crippen LogP) is -0.936. The van der Waals surface area contributed by atoms with Crippen LogP contribution in [0.5, 0.6) is 0 Å². The van der Waals surface area contributed by atoms with E-state index in [1.807, 2.05) is 0 Å². The molecule has 1 aromatic rings. The van der Waals surface area contributed by atoms with Gasteiger partial charge in [0.25, 0.3) is 5.56 Å². The predicted molar refractivity (Wildman–Crippen MR) is 74.6 cm³/mol. The van der Waals surface area contributed by atoms with Crippen molar-refractivity contribution in [3.8, 4) is 0 Å². The number of aromatic amines is 2. The summed E-state index contributed by atoms with van der Waals surface area (Å²) < 4.78 is 0. The van der Waals surface area contributed by atoms with Crippen molar-refractivity contribution in [2.24, 2.45) is 5.41 Å². The second-order valence-corrected chi connectivity index (χ2v) is 5.85. The maximum Gasteiger partial charge on any atom is 0.325 e. The zero-order valence-electron chi connectivity index (χ0n) is 11.8. The molecule has 1 aliphatic heterocycles. The van der Waals surface area contributed by atoms with Gasteiger partial charge in [-0.3, -0.25) is 14.6 Å². The van der Waals surface area contributed by atoms with Crippen molar-refractivity contribution in [1.82, 2.24) is 20.2 Å². The zero-order chi connectivity index (χ0) is 14.8. The highest BCUT2D eigenvalue weighted by Crippen LogP contribution is 2.27. The Labute approximate surface area is 116 Å². The molecule has 110 valence electrons. The molecule has 3 N–H and O–H groups in total. The molecule has 1 aliphatic rings. The molecule has 1 saturated heterocycles. The topological polar surface area (TPSA) is 98.1 Å². The second kappa shape index (κ2) is 5.62. The summed E-state index contributed by atoms with van der Waals surface area (Å²) in [6.45, 7) is 4.72. The van der Waals surface area contributed by atoms with Crippen LogP contribution in [0.25, 0.3) is 0 Å². The molecule has 7 nitrogen and oxygen atoms in total. The van der Waals surface area contributed by atoms with Gasteiger partial charge in [0.1, 0.15) is 0 Å². The number of hydrogen-bond donors (Lipinski definition) is 3. The summed E-state index contributed by atoms with van der Waals surface area (Å²) in [6.07, 6.45) is 2.30. The van der Waals surface area contributed by atoms with Crippen LogP contribution in [-0.4, -0.2) is 47.5 Å². The Morgan fingerprint density at radius 2 is 2.25 bits per heavy atom. The molecule has 0 unspecified atom stereocenters. The molecule has 1 fully saturated rings. The van der Waals surface area contributed by atoms with Gasteiger partial charge in [0, 0.05) is 24.8 Å². The average molecular weight is 280 g/mol. The number of carbonyl (C=O) groups excluding carboxylic acids is 1. The maximum atomic E-state index is 11.9. The quantitative estimate of drug-likeness (QED) is 0.663. The largest absolute Gasteiger partial charge is 0.355 e. The number of rotatable bonds is 4. The lowest BCUT2D eigenvalue weighted by atomic mass is 9.90. The van der Waals surface area contributed by atoms with Gasteiger partial charge in [0.05, 0.1) is 6.42 Å². The normalized spacial score (nSPS) is 22.9. The van der Waals surface area contributed by atoms with Gasteiger partial charge in [-0.1, -0.05) is 6.92 Å². The standard InChI is InChI=1S/C13H20N4O3/c1-13(3-4-17(2)8-13)7-15-10(18)5-9-6-14-12(20)16-11(9)19/h6H,3-5,7-8H2,1-2H3,(H,15,18)(H2,14,16,19,20)/t13-/m0/s1. The Kier molecular flexibility index (Phi) is 4.08. The third kappa shape index (κ3) is 3.57. The fourth-order valence-corrected chi connectivity index (χ4v) is 2.53. The van der Waals surface area contributed by atoms with E-state index in [0.29, 0.717) is 6.54 Å². The van der Waals surface area contributed by atoms with Gasteiger partial charge < -0.3 is 15.2 Å². The van der Waals surface area contributed by atoms with Crippen LogP contribution in [0, 0.1) is 5.41 Å². The number of carbonyl (C=O) groups is 1. The summed E-state index contributed by atoms with van der Waals surface area (Å²) >= 11 is 0. The maximum absolute atomic E-state index is 11.9. The molecule has 7 heteroatoms. The lowest BCUT2D eigenvalue weighted by molar-refractivity contribution is -0.120. The molecule has 20 heavy (non-hydrogen) atoms. The number of H-pyrrole nitrogens is 2. The molecule has 2 heterocycles. The second-order valence-electron chi connectivity index (χ2n) is 5.85. The van der Waals surface area contributed by atoms with Crippen molar-refractivity contribution >= 4 is 5.91 Å². The van der Waals surface area contributed by atoms with Gasteiger partial charge in [0.2, 0.25) is 5.91 Å². The van der Waals surface area contributed by atoms with Crippen LogP contribution in [0.3, 0.4) is 0 Å². The number of hydrogen-bond acceptors (Lipinski definition) is 4. The fraction of sp³-hybridized carbons (Fsp3) is 0.615. The van der Waals surface area contributed by atoms with Crippen molar-refractivity contribution in [3.05, 3.63) is 32.6 Å². The first-order valence-corrected chi connectivity index (χ1v) is 6.64. The third-order valence-corrected chi connectivity index (χ3v) is 3.71. The molecule has 1 amide bonds. The van der Waals surface area contributed by atoms with E-state index >= 15 is 0 Å². The molecular formula is C13H20N4O3. The van der Waals surface area contributed by atoms with Gasteiger partial charge in [0.15, 0.2) is 0 Å². The van der Waals surface area contributed by atoms with E-state index in [4.69, 9.17) is 0 Å². The third-order valence-electron chi connectivity index (χ3n) is 3.71. The Morgan fingerprint density at radius 3 is 2.85 bits per heavy atom. The number of aromatic nitrogens is 2. The summed E-state index contributed by atoms with van der Waals surface area (Å²) in [7, 11) is 2.06. The van der Waals surface area contributed by atoms with Crippen molar-refractivity contribution < 1.29 is 4.79 Å². The smallest absolute Gasteiger partial charge is 0.325 e. The van der Waals surface area contributed by atoms with E-state index < -0.39 is 11.2 Å². The molecule has 0 aliphatic carbocycles. The van der Waals surface area contributed by atoms with Gasteiger partial charge in [-0.2, -0.15) is 0 Å².